The molecule has 22 heavy (non-hydrogen) atoms. The summed E-state index contributed by atoms with van der Waals surface area (Å²) < 4.78 is 5.36. The van der Waals surface area contributed by atoms with Gasteiger partial charge in [0.1, 0.15) is 6.26 Å². The van der Waals surface area contributed by atoms with Gasteiger partial charge in [0, 0.05) is 18.7 Å². The SMILES string of the molecule is C[C@@H]1CN(C(=O)c2coc(-c3ccccc3)n2)C[C@H]1C(=O)O. The number of benzene rings is 1. The summed E-state index contributed by atoms with van der Waals surface area (Å²) in [4.78, 5) is 29.3. The predicted octanol–water partition coefficient (Wildman–Crippen LogP) is 2.13. The van der Waals surface area contributed by atoms with Crippen molar-refractivity contribution in [3.63, 3.8) is 0 Å². The molecule has 2 heterocycles. The minimum absolute atomic E-state index is 0.0676. The number of rotatable bonds is 3. The molecule has 1 aliphatic rings. The lowest BCUT2D eigenvalue weighted by molar-refractivity contribution is -0.142. The fraction of sp³-hybridized carbons (Fsp3) is 0.312. The zero-order valence-electron chi connectivity index (χ0n) is 12.1. The summed E-state index contributed by atoms with van der Waals surface area (Å²) >= 11 is 0. The highest BCUT2D eigenvalue weighted by molar-refractivity contribution is 5.93. The van der Waals surface area contributed by atoms with Crippen molar-refractivity contribution in [3.8, 4) is 11.5 Å². The molecule has 2 aromatic rings. The molecule has 1 fully saturated rings. The fourth-order valence-electron chi connectivity index (χ4n) is 2.70. The molecule has 1 aromatic heterocycles. The summed E-state index contributed by atoms with van der Waals surface area (Å²) in [6.07, 6.45) is 1.32. The van der Waals surface area contributed by atoms with Crippen molar-refractivity contribution in [1.29, 1.82) is 0 Å². The molecule has 3 rings (SSSR count). The first kappa shape index (κ1) is 14.3. The third-order valence-electron chi connectivity index (χ3n) is 3.96. The van der Waals surface area contributed by atoms with Crippen LogP contribution in [0.4, 0.5) is 0 Å². The Kier molecular flexibility index (Phi) is 3.66. The van der Waals surface area contributed by atoms with Crippen molar-refractivity contribution in [2.24, 2.45) is 11.8 Å². The normalized spacial score (nSPS) is 21.0. The summed E-state index contributed by atoms with van der Waals surface area (Å²) in [6.45, 7) is 2.47. The van der Waals surface area contributed by atoms with Crippen molar-refractivity contribution in [2.75, 3.05) is 13.1 Å². The highest BCUT2D eigenvalue weighted by Crippen LogP contribution is 2.25. The molecule has 0 spiro atoms. The number of carboxylic acids is 1. The molecule has 1 aliphatic heterocycles. The summed E-state index contributed by atoms with van der Waals surface area (Å²) in [5.41, 5.74) is 0.997. The Morgan fingerprint density at radius 2 is 2.00 bits per heavy atom. The molecule has 6 nitrogen and oxygen atoms in total. The molecular weight excluding hydrogens is 284 g/mol. The van der Waals surface area contributed by atoms with E-state index in [4.69, 9.17) is 9.52 Å². The van der Waals surface area contributed by atoms with Crippen LogP contribution >= 0.6 is 0 Å². The first-order chi connectivity index (χ1) is 10.6. The van der Waals surface area contributed by atoms with Crippen molar-refractivity contribution in [1.82, 2.24) is 9.88 Å². The number of amides is 1. The standard InChI is InChI=1S/C16H16N2O4/c1-10-7-18(8-12(10)16(20)21)15(19)13-9-22-14(17-13)11-5-3-2-4-6-11/h2-6,9-10,12H,7-8H2,1H3,(H,20,21)/t10-,12-/m1/s1. The largest absolute Gasteiger partial charge is 0.481 e. The van der Waals surface area contributed by atoms with Crippen LogP contribution in [0.5, 0.6) is 0 Å². The minimum atomic E-state index is -0.868. The molecule has 0 saturated carbocycles. The van der Waals surface area contributed by atoms with Crippen LogP contribution in [0.3, 0.4) is 0 Å². The summed E-state index contributed by atoms with van der Waals surface area (Å²) in [5, 5.41) is 9.13. The highest BCUT2D eigenvalue weighted by atomic mass is 16.4. The Morgan fingerprint density at radius 3 is 2.64 bits per heavy atom. The van der Waals surface area contributed by atoms with Gasteiger partial charge in [-0.1, -0.05) is 25.1 Å². The van der Waals surface area contributed by atoms with E-state index in [-0.39, 0.29) is 24.1 Å². The van der Waals surface area contributed by atoms with Gasteiger partial charge in [-0.2, -0.15) is 0 Å². The molecule has 0 bridgehead atoms. The maximum absolute atomic E-state index is 12.4. The Labute approximate surface area is 127 Å². The maximum atomic E-state index is 12.4. The van der Waals surface area contributed by atoms with Crippen molar-refractivity contribution < 1.29 is 19.1 Å². The molecule has 1 N–H and O–H groups in total. The van der Waals surface area contributed by atoms with Crippen molar-refractivity contribution >= 4 is 11.9 Å². The number of carboxylic acid groups (broad SMARTS) is 1. The molecule has 1 aromatic carbocycles. The van der Waals surface area contributed by atoms with Gasteiger partial charge in [-0.15, -0.1) is 0 Å². The van der Waals surface area contributed by atoms with E-state index in [1.54, 1.807) is 0 Å². The molecule has 2 atom stereocenters. The van der Waals surface area contributed by atoms with Gasteiger partial charge < -0.3 is 14.4 Å². The van der Waals surface area contributed by atoms with E-state index < -0.39 is 11.9 Å². The van der Waals surface area contributed by atoms with E-state index in [1.807, 2.05) is 37.3 Å². The molecule has 0 aliphatic carbocycles. The number of carbonyl (C=O) groups excluding carboxylic acids is 1. The first-order valence-electron chi connectivity index (χ1n) is 7.09. The highest BCUT2D eigenvalue weighted by Gasteiger charge is 2.37. The first-order valence-corrected chi connectivity index (χ1v) is 7.09. The van der Waals surface area contributed by atoms with Crippen LogP contribution in [-0.4, -0.2) is 40.0 Å². The number of carbonyl (C=O) groups is 2. The Balaban J connectivity index is 1.77. The molecule has 1 amide bonds. The van der Waals surface area contributed by atoms with Crippen LogP contribution in [0.1, 0.15) is 17.4 Å². The molecule has 114 valence electrons. The molecule has 0 unspecified atom stereocenters. The number of aromatic nitrogens is 1. The van der Waals surface area contributed by atoms with Crippen molar-refractivity contribution in [2.45, 2.75) is 6.92 Å². The number of likely N-dealkylation sites (tertiary alicyclic amines) is 1. The van der Waals surface area contributed by atoms with Crippen LogP contribution in [-0.2, 0) is 4.79 Å². The van der Waals surface area contributed by atoms with E-state index in [0.29, 0.717) is 12.4 Å². The lowest BCUT2D eigenvalue weighted by atomic mass is 9.99. The summed E-state index contributed by atoms with van der Waals surface area (Å²) in [5.74, 6) is -1.37. The van der Waals surface area contributed by atoms with Gasteiger partial charge in [0.25, 0.3) is 5.91 Å². The predicted molar refractivity (Wildman–Crippen MR) is 78.1 cm³/mol. The lowest BCUT2D eigenvalue weighted by Gasteiger charge is -2.13. The smallest absolute Gasteiger partial charge is 0.308 e. The average Bonchev–Trinajstić information content (AvgIpc) is 3.14. The maximum Gasteiger partial charge on any atom is 0.308 e. The van der Waals surface area contributed by atoms with E-state index in [1.165, 1.54) is 11.2 Å². The van der Waals surface area contributed by atoms with Crippen LogP contribution in [0, 0.1) is 11.8 Å². The third-order valence-corrected chi connectivity index (χ3v) is 3.96. The van der Waals surface area contributed by atoms with E-state index in [2.05, 4.69) is 4.98 Å². The van der Waals surface area contributed by atoms with Crippen LogP contribution < -0.4 is 0 Å². The van der Waals surface area contributed by atoms with Gasteiger partial charge in [-0.25, -0.2) is 4.98 Å². The van der Waals surface area contributed by atoms with E-state index in [9.17, 15) is 9.59 Å². The molecular formula is C16H16N2O4. The Bertz CT molecular complexity index is 695. The van der Waals surface area contributed by atoms with Crippen molar-refractivity contribution in [3.05, 3.63) is 42.3 Å². The van der Waals surface area contributed by atoms with Gasteiger partial charge >= 0.3 is 5.97 Å². The van der Waals surface area contributed by atoms with Crippen LogP contribution in [0.15, 0.2) is 41.0 Å². The van der Waals surface area contributed by atoms with Gasteiger partial charge in [-0.05, 0) is 18.1 Å². The van der Waals surface area contributed by atoms with Crippen LogP contribution in [0.25, 0.3) is 11.5 Å². The van der Waals surface area contributed by atoms with E-state index >= 15 is 0 Å². The van der Waals surface area contributed by atoms with Gasteiger partial charge in [0.05, 0.1) is 5.92 Å². The number of hydrogen-bond donors (Lipinski definition) is 1. The third kappa shape index (κ3) is 2.59. The summed E-state index contributed by atoms with van der Waals surface area (Å²) in [6, 6.07) is 9.30. The second-order valence-corrected chi connectivity index (χ2v) is 5.54. The monoisotopic (exact) mass is 300 g/mol. The van der Waals surface area contributed by atoms with E-state index in [0.717, 1.165) is 5.56 Å². The second kappa shape index (κ2) is 5.63. The topological polar surface area (TPSA) is 83.6 Å². The van der Waals surface area contributed by atoms with Crippen LogP contribution in [0.2, 0.25) is 0 Å². The molecule has 0 radical (unpaired) electrons. The zero-order chi connectivity index (χ0) is 15.7. The van der Waals surface area contributed by atoms with Gasteiger partial charge in [-0.3, -0.25) is 9.59 Å². The Morgan fingerprint density at radius 1 is 1.27 bits per heavy atom. The molecule has 6 heteroatoms. The second-order valence-electron chi connectivity index (χ2n) is 5.54. The summed E-state index contributed by atoms with van der Waals surface area (Å²) in [7, 11) is 0. The molecule has 1 saturated heterocycles. The number of oxazole rings is 1. The fourth-order valence-corrected chi connectivity index (χ4v) is 2.70. The Hall–Kier alpha value is -2.63. The zero-order valence-corrected chi connectivity index (χ0v) is 12.1. The quantitative estimate of drug-likeness (QED) is 0.938. The minimum Gasteiger partial charge on any atom is -0.481 e. The number of hydrogen-bond acceptors (Lipinski definition) is 4. The average molecular weight is 300 g/mol. The number of nitrogens with zero attached hydrogens (tertiary/aromatic N) is 2. The van der Waals surface area contributed by atoms with Gasteiger partial charge in [0.2, 0.25) is 5.89 Å². The van der Waals surface area contributed by atoms with Gasteiger partial charge in [0.15, 0.2) is 5.69 Å². The lowest BCUT2D eigenvalue weighted by Crippen LogP contribution is -2.30. The number of aliphatic carboxylic acids is 1.